The van der Waals surface area contributed by atoms with Crippen LogP contribution < -0.4 is 5.32 Å². The van der Waals surface area contributed by atoms with E-state index in [2.05, 4.69) is 53.3 Å². The van der Waals surface area contributed by atoms with Gasteiger partial charge in [-0.2, -0.15) is 0 Å². The maximum atomic E-state index is 3.61. The van der Waals surface area contributed by atoms with Gasteiger partial charge in [0.15, 0.2) is 0 Å². The Labute approximate surface area is 136 Å². The van der Waals surface area contributed by atoms with Crippen molar-refractivity contribution in [1.82, 2.24) is 5.32 Å². The van der Waals surface area contributed by atoms with Crippen LogP contribution in [0.4, 0.5) is 0 Å². The van der Waals surface area contributed by atoms with Crippen LogP contribution in [-0.2, 0) is 6.54 Å². The quantitative estimate of drug-likeness (QED) is 0.650. The maximum absolute atomic E-state index is 3.61. The minimum atomic E-state index is 0.708. The zero-order valence-electron chi connectivity index (χ0n) is 12.6. The summed E-state index contributed by atoms with van der Waals surface area (Å²) < 4.78 is 1.19. The first kappa shape index (κ1) is 16.4. The lowest BCUT2D eigenvalue weighted by atomic mass is 10.1. The van der Waals surface area contributed by atoms with Crippen LogP contribution in [0.1, 0.15) is 45.1 Å². The fourth-order valence-corrected chi connectivity index (χ4v) is 4.49. The van der Waals surface area contributed by atoms with E-state index in [1.54, 1.807) is 0 Å². The number of benzene rings is 1. The molecule has 1 aromatic rings. The summed E-state index contributed by atoms with van der Waals surface area (Å²) in [5.41, 5.74) is 1.44. The molecule has 1 aliphatic carbocycles. The van der Waals surface area contributed by atoms with Gasteiger partial charge in [-0.15, -0.1) is 11.8 Å². The number of hydrogen-bond acceptors (Lipinski definition) is 2. The Balaban J connectivity index is 1.92. The number of rotatable bonds is 7. The highest BCUT2D eigenvalue weighted by molar-refractivity contribution is 9.10. The summed E-state index contributed by atoms with van der Waals surface area (Å²) in [6.07, 6.45) is 5.74. The van der Waals surface area contributed by atoms with Crippen LogP contribution in [0.15, 0.2) is 27.6 Å². The first-order valence-corrected chi connectivity index (χ1v) is 9.55. The SMILES string of the molecule is CC(C)CNCc1ccc(Br)cc1SCC1CCCC1. The third-order valence-corrected chi connectivity index (χ3v) is 5.67. The van der Waals surface area contributed by atoms with Gasteiger partial charge in [-0.1, -0.05) is 48.7 Å². The van der Waals surface area contributed by atoms with Gasteiger partial charge in [0.05, 0.1) is 0 Å². The number of thioether (sulfide) groups is 1. The van der Waals surface area contributed by atoms with E-state index in [0.29, 0.717) is 5.92 Å². The van der Waals surface area contributed by atoms with Crippen molar-refractivity contribution >= 4 is 27.7 Å². The molecule has 1 N–H and O–H groups in total. The standard InChI is InChI=1S/C17H26BrNS/c1-13(2)10-19-11-15-7-8-16(18)9-17(15)20-12-14-5-3-4-6-14/h7-9,13-14,19H,3-6,10-12H2,1-2H3. The molecule has 0 radical (unpaired) electrons. The lowest BCUT2D eigenvalue weighted by molar-refractivity contribution is 0.550. The van der Waals surface area contributed by atoms with Gasteiger partial charge in [-0.05, 0) is 48.9 Å². The Morgan fingerprint density at radius 1 is 1.30 bits per heavy atom. The number of nitrogens with one attached hydrogen (secondary N) is 1. The smallest absolute Gasteiger partial charge is 0.0216 e. The molecule has 0 bridgehead atoms. The van der Waals surface area contributed by atoms with Crippen LogP contribution in [0.3, 0.4) is 0 Å². The van der Waals surface area contributed by atoms with Crippen molar-refractivity contribution in [2.24, 2.45) is 11.8 Å². The molecule has 1 aliphatic rings. The fourth-order valence-electron chi connectivity index (χ4n) is 2.69. The van der Waals surface area contributed by atoms with E-state index in [1.807, 2.05) is 11.8 Å². The third-order valence-electron chi connectivity index (χ3n) is 3.85. The second-order valence-corrected chi connectivity index (χ2v) is 8.22. The lowest BCUT2D eigenvalue weighted by Crippen LogP contribution is -2.19. The molecule has 3 heteroatoms. The van der Waals surface area contributed by atoms with Crippen LogP contribution in [0.25, 0.3) is 0 Å². The predicted octanol–water partition coefficient (Wildman–Crippen LogP) is 5.48. The summed E-state index contributed by atoms with van der Waals surface area (Å²) >= 11 is 5.65. The van der Waals surface area contributed by atoms with Crippen LogP contribution in [0.5, 0.6) is 0 Å². The first-order valence-electron chi connectivity index (χ1n) is 7.77. The molecule has 112 valence electrons. The normalized spacial score (nSPS) is 16.2. The van der Waals surface area contributed by atoms with Gasteiger partial charge in [0.25, 0.3) is 0 Å². The molecule has 1 fully saturated rings. The van der Waals surface area contributed by atoms with Gasteiger partial charge < -0.3 is 5.32 Å². The summed E-state index contributed by atoms with van der Waals surface area (Å²) in [7, 11) is 0. The van der Waals surface area contributed by atoms with Crippen molar-refractivity contribution < 1.29 is 0 Å². The molecule has 0 aliphatic heterocycles. The third kappa shape index (κ3) is 5.42. The maximum Gasteiger partial charge on any atom is 0.0216 e. The van der Waals surface area contributed by atoms with E-state index in [0.717, 1.165) is 19.0 Å². The molecule has 1 aromatic carbocycles. The van der Waals surface area contributed by atoms with Crippen LogP contribution in [0, 0.1) is 11.8 Å². The van der Waals surface area contributed by atoms with E-state index in [-0.39, 0.29) is 0 Å². The van der Waals surface area contributed by atoms with E-state index in [9.17, 15) is 0 Å². The predicted molar refractivity (Wildman–Crippen MR) is 93.4 cm³/mol. The molecule has 2 rings (SSSR count). The van der Waals surface area contributed by atoms with Crippen molar-refractivity contribution in [3.63, 3.8) is 0 Å². The van der Waals surface area contributed by atoms with Crippen molar-refractivity contribution in [3.8, 4) is 0 Å². The van der Waals surface area contributed by atoms with Crippen molar-refractivity contribution in [1.29, 1.82) is 0 Å². The molecule has 0 heterocycles. The highest BCUT2D eigenvalue weighted by Crippen LogP contribution is 2.33. The van der Waals surface area contributed by atoms with Crippen LogP contribution in [0.2, 0.25) is 0 Å². The first-order chi connectivity index (χ1) is 9.65. The van der Waals surface area contributed by atoms with Crippen LogP contribution in [-0.4, -0.2) is 12.3 Å². The average molecular weight is 356 g/mol. The van der Waals surface area contributed by atoms with Crippen molar-refractivity contribution in [2.45, 2.75) is 51.0 Å². The van der Waals surface area contributed by atoms with Gasteiger partial charge in [0.1, 0.15) is 0 Å². The van der Waals surface area contributed by atoms with E-state index in [4.69, 9.17) is 0 Å². The molecule has 0 amide bonds. The Bertz CT molecular complexity index is 413. The second kappa shape index (κ2) is 8.45. The molecule has 1 saturated carbocycles. The van der Waals surface area contributed by atoms with Crippen LogP contribution >= 0.6 is 27.7 Å². The highest BCUT2D eigenvalue weighted by Gasteiger charge is 2.16. The summed E-state index contributed by atoms with van der Waals surface area (Å²) in [6, 6.07) is 6.70. The summed E-state index contributed by atoms with van der Waals surface area (Å²) in [6.45, 7) is 6.58. The van der Waals surface area contributed by atoms with Crippen molar-refractivity contribution in [3.05, 3.63) is 28.2 Å². The fraction of sp³-hybridized carbons (Fsp3) is 0.647. The molecule has 0 atom stereocenters. The molecule has 0 spiro atoms. The topological polar surface area (TPSA) is 12.0 Å². The summed E-state index contributed by atoms with van der Waals surface area (Å²) in [5.74, 6) is 2.93. The van der Waals surface area contributed by atoms with Gasteiger partial charge >= 0.3 is 0 Å². The highest BCUT2D eigenvalue weighted by atomic mass is 79.9. The number of hydrogen-bond donors (Lipinski definition) is 1. The molecule has 0 unspecified atom stereocenters. The van der Waals surface area contributed by atoms with Gasteiger partial charge in [0.2, 0.25) is 0 Å². The van der Waals surface area contributed by atoms with Crippen molar-refractivity contribution in [2.75, 3.05) is 12.3 Å². The molecule has 0 aromatic heterocycles. The zero-order chi connectivity index (χ0) is 14.4. The Morgan fingerprint density at radius 3 is 2.75 bits per heavy atom. The molecular formula is C17H26BrNS. The molecule has 0 saturated heterocycles. The Hall–Kier alpha value is 0.01000. The molecule has 1 nitrogen and oxygen atoms in total. The monoisotopic (exact) mass is 355 g/mol. The minimum Gasteiger partial charge on any atom is -0.312 e. The van der Waals surface area contributed by atoms with E-state index in [1.165, 1.54) is 46.4 Å². The zero-order valence-corrected chi connectivity index (χ0v) is 15.0. The second-order valence-electron chi connectivity index (χ2n) is 6.24. The lowest BCUT2D eigenvalue weighted by Gasteiger charge is -2.14. The largest absolute Gasteiger partial charge is 0.312 e. The van der Waals surface area contributed by atoms with E-state index >= 15 is 0 Å². The van der Waals surface area contributed by atoms with Gasteiger partial charge in [0, 0.05) is 21.7 Å². The summed E-state index contributed by atoms with van der Waals surface area (Å²) in [4.78, 5) is 1.45. The Kier molecular flexibility index (Phi) is 6.92. The van der Waals surface area contributed by atoms with Gasteiger partial charge in [-0.3, -0.25) is 0 Å². The Morgan fingerprint density at radius 2 is 2.05 bits per heavy atom. The molecular weight excluding hydrogens is 330 g/mol. The molecule has 20 heavy (non-hydrogen) atoms. The average Bonchev–Trinajstić information content (AvgIpc) is 2.91. The van der Waals surface area contributed by atoms with E-state index < -0.39 is 0 Å². The van der Waals surface area contributed by atoms with Gasteiger partial charge in [-0.25, -0.2) is 0 Å². The number of halogens is 1. The minimum absolute atomic E-state index is 0.708. The summed E-state index contributed by atoms with van der Waals surface area (Å²) in [5, 5.41) is 3.56.